The van der Waals surface area contributed by atoms with Crippen molar-refractivity contribution in [2.75, 3.05) is 14.2 Å². The molecule has 2 fully saturated rings. The van der Waals surface area contributed by atoms with Crippen molar-refractivity contribution >= 4 is 33.6 Å². The molecular formula is C44H50N10O4. The molecule has 0 unspecified atom stereocenters. The Bertz CT molecular complexity index is 2410. The van der Waals surface area contributed by atoms with E-state index in [9.17, 15) is 0 Å². The Labute approximate surface area is 336 Å². The lowest BCUT2D eigenvalue weighted by Crippen LogP contribution is -2.10. The van der Waals surface area contributed by atoms with E-state index in [1.54, 1.807) is 26.6 Å². The van der Waals surface area contributed by atoms with Gasteiger partial charge in [-0.1, -0.05) is 51.0 Å². The molecule has 6 aromatic heterocycles. The first-order valence-corrected chi connectivity index (χ1v) is 20.4. The number of methoxy groups -OCH3 is 2. The number of hydrogen-bond donors (Lipinski definition) is 2. The summed E-state index contributed by atoms with van der Waals surface area (Å²) in [6.07, 6.45) is 14.1. The van der Waals surface area contributed by atoms with Gasteiger partial charge in [-0.05, 0) is 85.0 Å². The molecule has 58 heavy (non-hydrogen) atoms. The lowest BCUT2D eigenvalue weighted by atomic mass is 9.93. The van der Waals surface area contributed by atoms with Crippen LogP contribution in [0, 0.1) is 11.8 Å². The number of rotatable bonds is 12. The minimum absolute atomic E-state index is 0.225. The molecule has 2 saturated carbocycles. The van der Waals surface area contributed by atoms with Crippen LogP contribution in [-0.2, 0) is 22.7 Å². The summed E-state index contributed by atoms with van der Waals surface area (Å²) in [4.78, 5) is 15.2. The van der Waals surface area contributed by atoms with Crippen LogP contribution in [0.3, 0.4) is 0 Å². The number of nitrogens with one attached hydrogen (secondary N) is 2. The summed E-state index contributed by atoms with van der Waals surface area (Å²) in [6.45, 7) is 5.73. The summed E-state index contributed by atoms with van der Waals surface area (Å²) in [5.74, 6) is 5.50. The van der Waals surface area contributed by atoms with Crippen molar-refractivity contribution in [1.82, 2.24) is 49.1 Å². The Morgan fingerprint density at radius 3 is 1.40 bits per heavy atom. The molecule has 0 amide bonds. The van der Waals surface area contributed by atoms with Gasteiger partial charge in [-0.25, -0.2) is 9.97 Å². The summed E-state index contributed by atoms with van der Waals surface area (Å²) >= 11 is 0. The molecule has 14 heteroatoms. The van der Waals surface area contributed by atoms with E-state index < -0.39 is 0 Å². The van der Waals surface area contributed by atoms with Crippen LogP contribution in [0.15, 0.2) is 85.5 Å². The van der Waals surface area contributed by atoms with Crippen LogP contribution in [0.4, 0.5) is 0 Å². The van der Waals surface area contributed by atoms with Crippen LogP contribution < -0.4 is 9.47 Å². The number of H-pyrrole nitrogens is 2. The molecule has 2 aliphatic carbocycles. The minimum Gasteiger partial charge on any atom is -0.497 e. The maximum absolute atomic E-state index is 6.29. The number of fused-ring (bicyclic) bond motifs is 6. The highest BCUT2D eigenvalue weighted by Crippen LogP contribution is 2.44. The molecule has 2 aromatic carbocycles. The van der Waals surface area contributed by atoms with Crippen LogP contribution in [0.25, 0.3) is 33.6 Å². The highest BCUT2D eigenvalue weighted by Gasteiger charge is 2.39. The van der Waals surface area contributed by atoms with Crippen LogP contribution in [0.1, 0.15) is 87.0 Å². The van der Waals surface area contributed by atoms with Crippen LogP contribution >= 0.6 is 0 Å². The zero-order valence-corrected chi connectivity index (χ0v) is 33.4. The van der Waals surface area contributed by atoms with E-state index in [4.69, 9.17) is 18.9 Å². The maximum Gasteiger partial charge on any atom is 0.179 e. The predicted molar refractivity (Wildman–Crippen MR) is 220 cm³/mol. The summed E-state index contributed by atoms with van der Waals surface area (Å²) < 4.78 is 27.3. The van der Waals surface area contributed by atoms with Crippen molar-refractivity contribution in [3.63, 3.8) is 0 Å². The van der Waals surface area contributed by atoms with E-state index in [2.05, 4.69) is 87.2 Å². The van der Waals surface area contributed by atoms with Crippen molar-refractivity contribution in [2.45, 2.75) is 89.6 Å². The second-order valence-corrected chi connectivity index (χ2v) is 15.5. The van der Waals surface area contributed by atoms with E-state index in [1.165, 1.54) is 0 Å². The van der Waals surface area contributed by atoms with E-state index >= 15 is 0 Å². The molecule has 6 heterocycles. The highest BCUT2D eigenvalue weighted by molar-refractivity contribution is 5.75. The zero-order chi connectivity index (χ0) is 39.6. The lowest BCUT2D eigenvalue weighted by molar-refractivity contribution is 0.0421. The molecule has 6 atom stereocenters. The number of benzene rings is 2. The third-order valence-electron chi connectivity index (χ3n) is 12.2. The third-order valence-corrected chi connectivity index (χ3v) is 12.2. The third kappa shape index (κ3) is 7.37. The van der Waals surface area contributed by atoms with E-state index in [1.807, 2.05) is 48.8 Å². The van der Waals surface area contributed by atoms with Crippen molar-refractivity contribution < 1.29 is 18.9 Å². The van der Waals surface area contributed by atoms with Gasteiger partial charge in [0.25, 0.3) is 0 Å². The van der Waals surface area contributed by atoms with E-state index in [-0.39, 0.29) is 12.2 Å². The highest BCUT2D eigenvalue weighted by atomic mass is 16.5. The zero-order valence-electron chi connectivity index (χ0n) is 33.4. The van der Waals surface area contributed by atoms with Crippen LogP contribution in [0.5, 0.6) is 11.5 Å². The number of hydrogen-bond acceptors (Lipinski definition) is 10. The average molecular weight is 783 g/mol. The molecule has 0 aliphatic heterocycles. The van der Waals surface area contributed by atoms with Gasteiger partial charge >= 0.3 is 0 Å². The van der Waals surface area contributed by atoms with Gasteiger partial charge in [0.1, 0.15) is 23.1 Å². The number of ether oxygens (including phenoxy) is 4. The largest absolute Gasteiger partial charge is 0.497 e. The van der Waals surface area contributed by atoms with Crippen molar-refractivity contribution in [2.24, 2.45) is 11.8 Å². The second kappa shape index (κ2) is 16.5. The number of aromatic amines is 2. The average Bonchev–Trinajstić information content (AvgIpc) is 4.13. The van der Waals surface area contributed by atoms with Gasteiger partial charge in [-0.15, -0.1) is 20.4 Å². The van der Waals surface area contributed by atoms with Gasteiger partial charge < -0.3 is 28.9 Å². The van der Waals surface area contributed by atoms with Gasteiger partial charge in [-0.3, -0.25) is 8.80 Å². The normalized spacial score (nSPS) is 21.9. The molecule has 8 aromatic rings. The smallest absolute Gasteiger partial charge is 0.179 e. The first-order chi connectivity index (χ1) is 28.5. The molecule has 0 saturated heterocycles. The van der Waals surface area contributed by atoms with E-state index in [0.717, 1.165) is 106 Å². The van der Waals surface area contributed by atoms with Gasteiger partial charge in [-0.2, -0.15) is 0 Å². The van der Waals surface area contributed by atoms with Crippen molar-refractivity contribution in [1.29, 1.82) is 0 Å². The molecule has 0 radical (unpaired) electrons. The van der Waals surface area contributed by atoms with Gasteiger partial charge in [0.05, 0.1) is 63.1 Å². The second-order valence-electron chi connectivity index (χ2n) is 15.5. The number of nitrogens with zero attached hydrogens (tertiary/aromatic N) is 8. The molecule has 14 nitrogen and oxygen atoms in total. The summed E-state index contributed by atoms with van der Waals surface area (Å²) in [7, 11) is 3.36. The molecule has 2 aliphatic rings. The Morgan fingerprint density at radius 1 is 0.569 bits per heavy atom. The Balaban J connectivity index is 0.000000150. The summed E-state index contributed by atoms with van der Waals surface area (Å²) in [5, 5.41) is 17.9. The fraction of sp³-hybridized carbons (Fsp3) is 0.409. The molecule has 10 rings (SSSR count). The Hall–Kier alpha value is -5.86. The minimum atomic E-state index is 0.225. The van der Waals surface area contributed by atoms with Crippen LogP contribution in [0.2, 0.25) is 0 Å². The maximum atomic E-state index is 6.29. The van der Waals surface area contributed by atoms with E-state index in [0.29, 0.717) is 36.9 Å². The van der Waals surface area contributed by atoms with Crippen LogP contribution in [-0.4, -0.2) is 75.6 Å². The quantitative estimate of drug-likeness (QED) is 0.124. The summed E-state index contributed by atoms with van der Waals surface area (Å²) in [6, 6.07) is 20.2. The molecule has 0 spiro atoms. The predicted octanol–water partition coefficient (Wildman–Crippen LogP) is 8.21. The standard InChI is InChI=1S/2C22H25N5O2/c2*1-3-15-10-17(29-13-14-4-6-16(28-2)7-5-14)11-18(15)22-26-25-20-12-24-21-19(27(20)22)8-9-23-21/h2*4-9,12,15,17-18,23H,3,10-11,13H2,1-2H3/t2*15-,17+,18-/m10/s1. The van der Waals surface area contributed by atoms with Gasteiger partial charge in [0, 0.05) is 24.2 Å². The van der Waals surface area contributed by atoms with Crippen molar-refractivity contribution in [3.8, 4) is 11.5 Å². The summed E-state index contributed by atoms with van der Waals surface area (Å²) in [5.41, 5.74) is 7.69. The molecule has 300 valence electrons. The Morgan fingerprint density at radius 2 is 1.00 bits per heavy atom. The molecular weight excluding hydrogens is 733 g/mol. The first kappa shape index (κ1) is 37.7. The fourth-order valence-corrected chi connectivity index (χ4v) is 9.10. The monoisotopic (exact) mass is 782 g/mol. The van der Waals surface area contributed by atoms with Gasteiger partial charge in [0.2, 0.25) is 0 Å². The van der Waals surface area contributed by atoms with Gasteiger partial charge in [0.15, 0.2) is 22.6 Å². The lowest BCUT2D eigenvalue weighted by Gasteiger charge is -2.15. The Kier molecular flexibility index (Phi) is 10.8. The topological polar surface area (TPSA) is 155 Å². The molecule has 2 N–H and O–H groups in total. The SMILES string of the molecule is CC[C@@H]1C[C@H](OCc2ccc(OC)cc2)C[C@H]1c1nnc2cnc3[nH]ccc3n12.CC[C@H]1C[C@@H](OCc2ccc(OC)cc2)C[C@@H]1c1nnc2cnc3[nH]ccc3n12. The molecule has 0 bridgehead atoms. The first-order valence-electron chi connectivity index (χ1n) is 20.4. The fourth-order valence-electron chi connectivity index (χ4n) is 9.10. The van der Waals surface area contributed by atoms with Crippen molar-refractivity contribution in [3.05, 3.63) is 108 Å². The number of aromatic nitrogens is 10.